The van der Waals surface area contributed by atoms with Crippen molar-refractivity contribution >= 4 is 34.8 Å². The second-order valence-electron chi connectivity index (χ2n) is 3.80. The number of carbonyl (C=O) groups excluding carboxylic acids is 2. The molecule has 0 aliphatic heterocycles. The van der Waals surface area contributed by atoms with Crippen molar-refractivity contribution < 1.29 is 9.59 Å². The molecule has 0 amide bonds. The van der Waals surface area contributed by atoms with Gasteiger partial charge in [-0.25, -0.2) is 0 Å². The van der Waals surface area contributed by atoms with Gasteiger partial charge in [-0.1, -0.05) is 23.7 Å². The van der Waals surface area contributed by atoms with E-state index < -0.39 is 0 Å². The minimum Gasteiger partial charge on any atom is -0.291 e. The van der Waals surface area contributed by atoms with Gasteiger partial charge in [0, 0.05) is 23.7 Å². The largest absolute Gasteiger partial charge is 0.291 e. The van der Waals surface area contributed by atoms with Crippen molar-refractivity contribution in [2.24, 2.45) is 0 Å². The fourth-order valence-corrected chi connectivity index (χ4v) is 1.72. The van der Waals surface area contributed by atoms with E-state index in [1.54, 1.807) is 24.3 Å². The number of benzene rings is 1. The Bertz CT molecular complexity index is 385. The maximum absolute atomic E-state index is 11.6. The molecule has 0 saturated carbocycles. The number of rotatable bonds is 7. The van der Waals surface area contributed by atoms with E-state index in [4.69, 9.17) is 23.2 Å². The van der Waals surface area contributed by atoms with Gasteiger partial charge in [0.1, 0.15) is 0 Å². The molecule has 0 aromatic heterocycles. The third-order valence-electron chi connectivity index (χ3n) is 2.38. The minimum atomic E-state index is -0.345. The summed E-state index contributed by atoms with van der Waals surface area (Å²) in [5.41, 5.74) is 0.810. The second-order valence-corrected chi connectivity index (χ2v) is 4.61. The van der Waals surface area contributed by atoms with Crippen LogP contribution >= 0.6 is 23.2 Å². The molecule has 0 radical (unpaired) electrons. The predicted molar refractivity (Wildman–Crippen MR) is 69.7 cm³/mol. The molecular formula is C13H14Cl2O2. The van der Waals surface area contributed by atoms with Crippen molar-refractivity contribution in [2.75, 3.05) is 5.88 Å². The Morgan fingerprint density at radius 3 is 2.24 bits per heavy atom. The second kappa shape index (κ2) is 7.46. The zero-order chi connectivity index (χ0) is 12.7. The van der Waals surface area contributed by atoms with E-state index in [0.29, 0.717) is 23.7 Å². The van der Waals surface area contributed by atoms with Gasteiger partial charge in [-0.05, 0) is 30.5 Å². The topological polar surface area (TPSA) is 34.1 Å². The van der Waals surface area contributed by atoms with Gasteiger partial charge in [0.15, 0.2) is 5.78 Å². The van der Waals surface area contributed by atoms with Crippen LogP contribution in [0.5, 0.6) is 0 Å². The lowest BCUT2D eigenvalue weighted by Gasteiger charge is -2.01. The van der Waals surface area contributed by atoms with Crippen LogP contribution in [0, 0.1) is 0 Å². The predicted octanol–water partition coefficient (Wildman–Crippen LogP) is 3.43. The normalized spacial score (nSPS) is 10.2. The number of carbonyl (C=O) groups is 2. The summed E-state index contributed by atoms with van der Waals surface area (Å²) in [6, 6.07) is 6.93. The molecule has 0 N–H and O–H groups in total. The number of alkyl halides is 1. The van der Waals surface area contributed by atoms with Crippen LogP contribution in [0.25, 0.3) is 0 Å². The van der Waals surface area contributed by atoms with Crippen molar-refractivity contribution in [3.63, 3.8) is 0 Å². The molecular weight excluding hydrogens is 259 g/mol. The van der Waals surface area contributed by atoms with Gasteiger partial charge < -0.3 is 0 Å². The summed E-state index contributed by atoms with van der Waals surface area (Å²) in [5.74, 6) is -0.134. The summed E-state index contributed by atoms with van der Waals surface area (Å²) >= 11 is 11.2. The molecule has 2 nitrogen and oxygen atoms in total. The Morgan fingerprint density at radius 2 is 1.65 bits per heavy atom. The van der Waals surface area contributed by atoms with E-state index in [9.17, 15) is 9.59 Å². The Kier molecular flexibility index (Phi) is 6.23. The first-order valence-corrected chi connectivity index (χ1v) is 6.41. The van der Waals surface area contributed by atoms with Gasteiger partial charge in [-0.15, -0.1) is 11.6 Å². The molecule has 1 aromatic carbocycles. The van der Waals surface area contributed by atoms with Crippen LogP contribution in [0.2, 0.25) is 5.02 Å². The molecule has 0 atom stereocenters. The Labute approximate surface area is 111 Å². The molecule has 92 valence electrons. The van der Waals surface area contributed by atoms with Crippen molar-refractivity contribution in [1.29, 1.82) is 0 Å². The summed E-state index contributed by atoms with van der Waals surface area (Å²) in [5, 5.41) is 0.620. The van der Waals surface area contributed by atoms with E-state index in [1.807, 2.05) is 0 Å². The lowest BCUT2D eigenvalue weighted by atomic mass is 10.0. The lowest BCUT2D eigenvalue weighted by Crippen LogP contribution is -2.16. The highest BCUT2D eigenvalue weighted by Gasteiger charge is 2.13. The monoisotopic (exact) mass is 272 g/mol. The van der Waals surface area contributed by atoms with Crippen molar-refractivity contribution in [3.05, 3.63) is 34.9 Å². The van der Waals surface area contributed by atoms with E-state index in [-0.39, 0.29) is 18.0 Å². The van der Waals surface area contributed by atoms with Gasteiger partial charge in [0.25, 0.3) is 0 Å². The summed E-state index contributed by atoms with van der Waals surface area (Å²) in [6.45, 7) is 0. The number of hydrogen-bond donors (Lipinski definition) is 0. The fraction of sp³-hybridized carbons (Fsp3) is 0.385. The first-order chi connectivity index (χ1) is 8.13. The van der Waals surface area contributed by atoms with Crippen molar-refractivity contribution in [1.82, 2.24) is 0 Å². The highest BCUT2D eigenvalue weighted by Crippen LogP contribution is 2.10. The van der Waals surface area contributed by atoms with Gasteiger partial charge in [0.05, 0.1) is 0 Å². The quantitative estimate of drug-likeness (QED) is 0.433. The Balaban J connectivity index is 2.43. The maximum atomic E-state index is 11.6. The molecule has 4 heteroatoms. The lowest BCUT2D eigenvalue weighted by molar-refractivity contribution is -0.136. The average molecular weight is 273 g/mol. The first kappa shape index (κ1) is 14.2. The van der Waals surface area contributed by atoms with Crippen LogP contribution in [0.15, 0.2) is 24.3 Å². The molecule has 1 aromatic rings. The van der Waals surface area contributed by atoms with Gasteiger partial charge in [-0.2, -0.15) is 0 Å². The van der Waals surface area contributed by atoms with Crippen LogP contribution in [0.1, 0.15) is 24.8 Å². The third-order valence-corrected chi connectivity index (χ3v) is 2.90. The number of halogens is 2. The average Bonchev–Trinajstić information content (AvgIpc) is 2.32. The van der Waals surface area contributed by atoms with Gasteiger partial charge in [-0.3, -0.25) is 9.59 Å². The molecule has 17 heavy (non-hydrogen) atoms. The first-order valence-electron chi connectivity index (χ1n) is 5.50. The molecule has 1 rings (SSSR count). The molecule has 0 aliphatic carbocycles. The van der Waals surface area contributed by atoms with Crippen LogP contribution in [0.4, 0.5) is 0 Å². The van der Waals surface area contributed by atoms with Gasteiger partial charge in [0.2, 0.25) is 5.78 Å². The molecule has 0 unspecified atom stereocenters. The number of unbranched alkanes of at least 4 members (excludes halogenated alkanes) is 1. The van der Waals surface area contributed by atoms with E-state index in [1.165, 1.54) is 0 Å². The smallest absolute Gasteiger partial charge is 0.202 e. The number of ketones is 2. The Morgan fingerprint density at radius 1 is 1.00 bits per heavy atom. The highest BCUT2D eigenvalue weighted by atomic mass is 35.5. The number of Topliss-reactive ketones (excluding diaryl/α,β-unsaturated/α-hetero) is 2. The molecule has 0 saturated heterocycles. The number of hydrogen-bond acceptors (Lipinski definition) is 2. The summed E-state index contributed by atoms with van der Waals surface area (Å²) in [4.78, 5) is 23.0. The standard InChI is InChI=1S/C13H14Cl2O2/c14-8-2-1-3-12(16)13(17)9-10-4-6-11(15)7-5-10/h4-7H,1-3,8-9H2. The SMILES string of the molecule is O=C(CCCCCl)C(=O)Cc1ccc(Cl)cc1. The molecule has 0 spiro atoms. The third kappa shape index (κ3) is 5.33. The van der Waals surface area contributed by atoms with Crippen LogP contribution in [-0.2, 0) is 16.0 Å². The molecule has 0 bridgehead atoms. The van der Waals surface area contributed by atoms with Crippen molar-refractivity contribution in [2.45, 2.75) is 25.7 Å². The minimum absolute atomic E-state index is 0.150. The van der Waals surface area contributed by atoms with E-state index in [2.05, 4.69) is 0 Å². The molecule has 0 heterocycles. The zero-order valence-electron chi connectivity index (χ0n) is 9.42. The van der Waals surface area contributed by atoms with Crippen LogP contribution in [0.3, 0.4) is 0 Å². The van der Waals surface area contributed by atoms with Gasteiger partial charge >= 0.3 is 0 Å². The fourth-order valence-electron chi connectivity index (χ4n) is 1.41. The Hall–Kier alpha value is -0.860. The van der Waals surface area contributed by atoms with Crippen LogP contribution < -0.4 is 0 Å². The maximum Gasteiger partial charge on any atom is 0.202 e. The molecule has 0 aliphatic rings. The molecule has 0 fully saturated rings. The van der Waals surface area contributed by atoms with E-state index >= 15 is 0 Å². The van der Waals surface area contributed by atoms with Crippen LogP contribution in [-0.4, -0.2) is 17.4 Å². The highest BCUT2D eigenvalue weighted by molar-refractivity contribution is 6.37. The summed E-state index contributed by atoms with van der Waals surface area (Å²) in [7, 11) is 0. The summed E-state index contributed by atoms with van der Waals surface area (Å²) < 4.78 is 0. The zero-order valence-corrected chi connectivity index (χ0v) is 10.9. The summed E-state index contributed by atoms with van der Waals surface area (Å²) in [6.07, 6.45) is 1.88. The van der Waals surface area contributed by atoms with Crippen molar-refractivity contribution in [3.8, 4) is 0 Å². The van der Waals surface area contributed by atoms with E-state index in [0.717, 1.165) is 12.0 Å².